The van der Waals surface area contributed by atoms with Gasteiger partial charge >= 0.3 is 0 Å². The molecule has 24 heavy (non-hydrogen) atoms. The van der Waals surface area contributed by atoms with Crippen LogP contribution >= 0.6 is 0 Å². The van der Waals surface area contributed by atoms with Gasteiger partial charge in [0.15, 0.2) is 0 Å². The highest BCUT2D eigenvalue weighted by Gasteiger charge is 2.19. The highest BCUT2D eigenvalue weighted by atomic mass is 15.3. The van der Waals surface area contributed by atoms with Crippen LogP contribution in [-0.2, 0) is 13.5 Å². The lowest BCUT2D eigenvalue weighted by Crippen LogP contribution is -2.40. The maximum atomic E-state index is 4.34. The Hall–Kier alpha value is -2.15. The van der Waals surface area contributed by atoms with E-state index in [1.54, 1.807) is 6.33 Å². The highest BCUT2D eigenvalue weighted by molar-refractivity contribution is 5.47. The first-order valence-electron chi connectivity index (χ1n) is 8.57. The van der Waals surface area contributed by atoms with Gasteiger partial charge < -0.3 is 15.1 Å². The van der Waals surface area contributed by atoms with Crippen LogP contribution < -0.4 is 10.2 Å². The summed E-state index contributed by atoms with van der Waals surface area (Å²) in [6, 6.07) is 4.60. The van der Waals surface area contributed by atoms with Crippen molar-refractivity contribution < 1.29 is 0 Å². The van der Waals surface area contributed by atoms with E-state index in [4.69, 9.17) is 0 Å². The molecule has 0 saturated carbocycles. The topological polar surface area (TPSA) is 62.1 Å². The molecule has 3 heterocycles. The number of hydrogen-bond donors (Lipinski definition) is 1. The largest absolute Gasteiger partial charge is 0.367 e. The standard InChI is InChI=1S/C17H27N7/c1-22(2)17-12-16(18-13-19-17)21-14-5-9-24(10-6-14)11-7-15-4-8-20-23(15)3/h4,8,12-14H,5-7,9-11H2,1-3H3,(H,18,19,21). The van der Waals surface area contributed by atoms with Crippen LogP contribution in [0.15, 0.2) is 24.7 Å². The molecule has 0 amide bonds. The first-order chi connectivity index (χ1) is 11.6. The summed E-state index contributed by atoms with van der Waals surface area (Å²) in [5, 5.41) is 7.79. The van der Waals surface area contributed by atoms with Crippen molar-refractivity contribution in [2.45, 2.75) is 25.3 Å². The van der Waals surface area contributed by atoms with Gasteiger partial charge in [0.2, 0.25) is 0 Å². The molecule has 7 heteroatoms. The maximum absolute atomic E-state index is 4.34. The predicted octanol–water partition coefficient (Wildman–Crippen LogP) is 1.40. The van der Waals surface area contributed by atoms with Crippen molar-refractivity contribution in [1.82, 2.24) is 24.6 Å². The SMILES string of the molecule is CN(C)c1cc(NC2CCN(CCc3ccnn3C)CC2)ncn1. The van der Waals surface area contributed by atoms with E-state index in [1.807, 2.05) is 43.0 Å². The molecule has 0 unspecified atom stereocenters. The van der Waals surface area contributed by atoms with Gasteiger partial charge in [0.1, 0.15) is 18.0 Å². The second-order valence-electron chi connectivity index (χ2n) is 6.61. The molecule has 130 valence electrons. The van der Waals surface area contributed by atoms with Crippen LogP contribution in [0.2, 0.25) is 0 Å². The zero-order chi connectivity index (χ0) is 16.9. The van der Waals surface area contributed by atoms with Crippen LogP contribution in [0.25, 0.3) is 0 Å². The summed E-state index contributed by atoms with van der Waals surface area (Å²) in [7, 11) is 5.99. The third kappa shape index (κ3) is 4.23. The molecule has 2 aromatic heterocycles. The molecular formula is C17H27N7. The second kappa shape index (κ2) is 7.61. The van der Waals surface area contributed by atoms with Crippen molar-refractivity contribution in [3.63, 3.8) is 0 Å². The van der Waals surface area contributed by atoms with Crippen LogP contribution in [-0.4, -0.2) is 64.4 Å². The summed E-state index contributed by atoms with van der Waals surface area (Å²) in [6.07, 6.45) is 6.85. The van der Waals surface area contributed by atoms with Crippen molar-refractivity contribution in [2.75, 3.05) is 43.9 Å². The Balaban J connectivity index is 1.45. The molecular weight excluding hydrogens is 302 g/mol. The van der Waals surface area contributed by atoms with Crippen LogP contribution in [0.5, 0.6) is 0 Å². The van der Waals surface area contributed by atoms with Crippen LogP contribution in [0.3, 0.4) is 0 Å². The molecule has 1 aliphatic heterocycles. The zero-order valence-corrected chi connectivity index (χ0v) is 14.8. The number of nitrogens with one attached hydrogen (secondary N) is 1. The Morgan fingerprint density at radius 1 is 1.25 bits per heavy atom. The molecule has 0 atom stereocenters. The smallest absolute Gasteiger partial charge is 0.133 e. The van der Waals surface area contributed by atoms with Gasteiger partial charge in [-0.3, -0.25) is 4.68 Å². The lowest BCUT2D eigenvalue weighted by atomic mass is 10.0. The Morgan fingerprint density at radius 3 is 2.71 bits per heavy atom. The van der Waals surface area contributed by atoms with E-state index in [9.17, 15) is 0 Å². The van der Waals surface area contributed by atoms with Crippen molar-refractivity contribution >= 4 is 11.6 Å². The number of hydrogen-bond acceptors (Lipinski definition) is 6. The van der Waals surface area contributed by atoms with Gasteiger partial charge in [-0.1, -0.05) is 0 Å². The summed E-state index contributed by atoms with van der Waals surface area (Å²) in [6.45, 7) is 3.35. The summed E-state index contributed by atoms with van der Waals surface area (Å²) < 4.78 is 1.96. The molecule has 1 fully saturated rings. The van der Waals surface area contributed by atoms with Crippen molar-refractivity contribution in [1.29, 1.82) is 0 Å². The molecule has 1 aliphatic rings. The number of aryl methyl sites for hydroxylation is 1. The third-order valence-electron chi connectivity index (χ3n) is 4.66. The van der Waals surface area contributed by atoms with E-state index >= 15 is 0 Å². The van der Waals surface area contributed by atoms with Crippen molar-refractivity contribution in [3.8, 4) is 0 Å². The van der Waals surface area contributed by atoms with E-state index in [1.165, 1.54) is 5.69 Å². The minimum Gasteiger partial charge on any atom is -0.367 e. The Morgan fingerprint density at radius 2 is 2.04 bits per heavy atom. The molecule has 1 N–H and O–H groups in total. The quantitative estimate of drug-likeness (QED) is 0.864. The van der Waals surface area contributed by atoms with E-state index in [0.717, 1.165) is 50.5 Å². The van der Waals surface area contributed by atoms with Gasteiger partial charge in [-0.25, -0.2) is 9.97 Å². The van der Waals surface area contributed by atoms with Gasteiger partial charge in [-0.15, -0.1) is 0 Å². The monoisotopic (exact) mass is 329 g/mol. The maximum Gasteiger partial charge on any atom is 0.133 e. The number of nitrogens with zero attached hydrogens (tertiary/aromatic N) is 6. The third-order valence-corrected chi connectivity index (χ3v) is 4.66. The summed E-state index contributed by atoms with van der Waals surface area (Å²) >= 11 is 0. The van der Waals surface area contributed by atoms with E-state index in [-0.39, 0.29) is 0 Å². The van der Waals surface area contributed by atoms with Gasteiger partial charge in [-0.2, -0.15) is 5.10 Å². The summed E-state index contributed by atoms with van der Waals surface area (Å²) in [5.74, 6) is 1.85. The van der Waals surface area contributed by atoms with Gasteiger partial charge in [0.25, 0.3) is 0 Å². The van der Waals surface area contributed by atoms with E-state index in [2.05, 4.69) is 31.3 Å². The van der Waals surface area contributed by atoms with Crippen molar-refractivity contribution in [3.05, 3.63) is 30.4 Å². The first-order valence-corrected chi connectivity index (χ1v) is 8.57. The summed E-state index contributed by atoms with van der Waals surface area (Å²) in [4.78, 5) is 13.1. The lowest BCUT2D eigenvalue weighted by Gasteiger charge is -2.32. The summed E-state index contributed by atoms with van der Waals surface area (Å²) in [5.41, 5.74) is 1.30. The fraction of sp³-hybridized carbons (Fsp3) is 0.588. The van der Waals surface area contributed by atoms with Gasteiger partial charge in [0, 0.05) is 71.2 Å². The predicted molar refractivity (Wildman–Crippen MR) is 96.4 cm³/mol. The van der Waals surface area contributed by atoms with Crippen LogP contribution in [0, 0.1) is 0 Å². The number of likely N-dealkylation sites (tertiary alicyclic amines) is 1. The van der Waals surface area contributed by atoms with Crippen molar-refractivity contribution in [2.24, 2.45) is 7.05 Å². The van der Waals surface area contributed by atoms with Gasteiger partial charge in [-0.05, 0) is 18.9 Å². The van der Waals surface area contributed by atoms with E-state index in [0.29, 0.717) is 6.04 Å². The molecule has 0 radical (unpaired) electrons. The molecule has 3 rings (SSSR count). The lowest BCUT2D eigenvalue weighted by molar-refractivity contribution is 0.220. The zero-order valence-electron chi connectivity index (χ0n) is 14.8. The van der Waals surface area contributed by atoms with Crippen LogP contribution in [0.4, 0.5) is 11.6 Å². The molecule has 1 saturated heterocycles. The second-order valence-corrected chi connectivity index (χ2v) is 6.61. The average Bonchev–Trinajstić information content (AvgIpc) is 2.99. The molecule has 0 aromatic carbocycles. The number of anilines is 2. The molecule has 0 aliphatic carbocycles. The minimum atomic E-state index is 0.489. The molecule has 0 bridgehead atoms. The number of piperidine rings is 1. The fourth-order valence-corrected chi connectivity index (χ4v) is 3.10. The molecule has 0 spiro atoms. The number of aromatic nitrogens is 4. The molecule has 2 aromatic rings. The average molecular weight is 329 g/mol. The Labute approximate surface area is 143 Å². The highest BCUT2D eigenvalue weighted by Crippen LogP contribution is 2.17. The minimum absolute atomic E-state index is 0.489. The number of rotatable bonds is 6. The van der Waals surface area contributed by atoms with Crippen LogP contribution in [0.1, 0.15) is 18.5 Å². The first kappa shape index (κ1) is 16.7. The molecule has 7 nitrogen and oxygen atoms in total. The Kier molecular flexibility index (Phi) is 5.30. The normalized spacial score (nSPS) is 16.3. The van der Waals surface area contributed by atoms with Gasteiger partial charge in [0.05, 0.1) is 0 Å². The Bertz CT molecular complexity index is 644. The van der Waals surface area contributed by atoms with E-state index < -0.39 is 0 Å². The fourth-order valence-electron chi connectivity index (χ4n) is 3.10.